The van der Waals surface area contributed by atoms with E-state index >= 15 is 0 Å². The summed E-state index contributed by atoms with van der Waals surface area (Å²) in [6, 6.07) is 18.0. The lowest BCUT2D eigenvalue weighted by atomic mass is 9.88. The number of hydrogen-bond acceptors (Lipinski definition) is 6. The molecule has 0 aliphatic heterocycles. The predicted molar refractivity (Wildman–Crippen MR) is 113 cm³/mol. The summed E-state index contributed by atoms with van der Waals surface area (Å²) in [6.45, 7) is 5.89. The number of benzene rings is 2. The first-order chi connectivity index (χ1) is 14.4. The molecule has 2 heterocycles. The van der Waals surface area contributed by atoms with Crippen LogP contribution in [0.3, 0.4) is 0 Å². The van der Waals surface area contributed by atoms with Crippen molar-refractivity contribution in [1.82, 2.24) is 30.2 Å². The minimum atomic E-state index is -0.747. The summed E-state index contributed by atoms with van der Waals surface area (Å²) in [5, 5.41) is 24.2. The van der Waals surface area contributed by atoms with Crippen molar-refractivity contribution in [3.05, 3.63) is 79.6 Å². The standard InChI is InChI=1S/C20H23N3O2.C2H3N3/c1-20(2,3)18(24)19(23-14-21-13-22-23)25-17-11-9-16(10-12-17)15-7-5-4-6-8-15;1-2-4-5-3-1/h4-14,18-19,24H,1-3H3;1-2H,(H,3,4,5). The van der Waals surface area contributed by atoms with Crippen molar-refractivity contribution in [1.29, 1.82) is 0 Å². The molecule has 0 spiro atoms. The van der Waals surface area contributed by atoms with E-state index in [2.05, 4.69) is 37.6 Å². The number of aromatic amines is 1. The maximum atomic E-state index is 10.7. The fourth-order valence-corrected chi connectivity index (χ4v) is 2.70. The molecule has 2 unspecified atom stereocenters. The van der Waals surface area contributed by atoms with Gasteiger partial charge in [-0.2, -0.15) is 20.5 Å². The maximum Gasteiger partial charge on any atom is 0.219 e. The Balaban J connectivity index is 0.000000448. The zero-order valence-corrected chi connectivity index (χ0v) is 17.3. The van der Waals surface area contributed by atoms with Crippen molar-refractivity contribution < 1.29 is 9.84 Å². The predicted octanol–water partition coefficient (Wildman–Crippen LogP) is 3.73. The Kier molecular flexibility index (Phi) is 6.92. The topological polar surface area (TPSA) is 102 Å². The second-order valence-electron chi connectivity index (χ2n) is 7.74. The first kappa shape index (κ1) is 21.2. The number of nitrogens with one attached hydrogen (secondary N) is 1. The number of aliphatic hydroxyl groups is 1. The van der Waals surface area contributed by atoms with Crippen LogP contribution in [0.2, 0.25) is 0 Å². The van der Waals surface area contributed by atoms with E-state index < -0.39 is 12.3 Å². The first-order valence-electron chi connectivity index (χ1n) is 9.59. The first-order valence-corrected chi connectivity index (χ1v) is 9.59. The van der Waals surface area contributed by atoms with Crippen molar-refractivity contribution in [2.24, 2.45) is 5.41 Å². The van der Waals surface area contributed by atoms with Gasteiger partial charge in [-0.25, -0.2) is 9.67 Å². The highest BCUT2D eigenvalue weighted by atomic mass is 16.5. The summed E-state index contributed by atoms with van der Waals surface area (Å²) in [4.78, 5) is 3.96. The van der Waals surface area contributed by atoms with Gasteiger partial charge in [0, 0.05) is 0 Å². The molecule has 0 amide bonds. The van der Waals surface area contributed by atoms with Gasteiger partial charge in [0.1, 0.15) is 24.5 Å². The van der Waals surface area contributed by atoms with Crippen LogP contribution in [0.4, 0.5) is 0 Å². The van der Waals surface area contributed by atoms with Crippen LogP contribution in [-0.4, -0.2) is 41.4 Å². The van der Waals surface area contributed by atoms with Crippen molar-refractivity contribution in [2.45, 2.75) is 33.1 Å². The van der Waals surface area contributed by atoms with Crippen LogP contribution in [0.15, 0.2) is 79.6 Å². The molecule has 2 N–H and O–H groups in total. The maximum absolute atomic E-state index is 10.7. The van der Waals surface area contributed by atoms with Crippen LogP contribution in [0.1, 0.15) is 27.0 Å². The van der Waals surface area contributed by atoms with Gasteiger partial charge < -0.3 is 9.84 Å². The van der Waals surface area contributed by atoms with Crippen LogP contribution in [0.5, 0.6) is 5.75 Å². The normalized spacial score (nSPS) is 13.1. The molecule has 2 atom stereocenters. The van der Waals surface area contributed by atoms with Crippen LogP contribution >= 0.6 is 0 Å². The van der Waals surface area contributed by atoms with Crippen LogP contribution < -0.4 is 4.74 Å². The van der Waals surface area contributed by atoms with E-state index in [9.17, 15) is 5.11 Å². The van der Waals surface area contributed by atoms with Gasteiger partial charge in [-0.3, -0.25) is 0 Å². The molecule has 4 aromatic rings. The molecule has 2 aromatic heterocycles. The third-order valence-electron chi connectivity index (χ3n) is 4.40. The van der Waals surface area contributed by atoms with Gasteiger partial charge in [-0.05, 0) is 28.7 Å². The van der Waals surface area contributed by atoms with E-state index in [1.165, 1.54) is 6.33 Å². The molecule has 0 bridgehead atoms. The summed E-state index contributed by atoms with van der Waals surface area (Å²) in [5.41, 5.74) is 1.90. The van der Waals surface area contributed by atoms with Gasteiger partial charge in [0.2, 0.25) is 6.23 Å². The fraction of sp³-hybridized carbons (Fsp3) is 0.273. The zero-order valence-electron chi connectivity index (χ0n) is 17.3. The fourth-order valence-electron chi connectivity index (χ4n) is 2.70. The number of ether oxygens (including phenoxy) is 1. The zero-order chi connectivity index (χ0) is 21.4. The molecule has 0 aliphatic rings. The minimum Gasteiger partial charge on any atom is -0.466 e. The van der Waals surface area contributed by atoms with Crippen molar-refractivity contribution in [3.8, 4) is 16.9 Å². The summed E-state index contributed by atoms with van der Waals surface area (Å²) in [6.07, 6.45) is 4.76. The SMILES string of the molecule is CC(C)(C)C(O)C(Oc1ccc(-c2ccccc2)cc1)n1cncn1.c1cn[nH]n1. The van der Waals surface area contributed by atoms with Gasteiger partial charge in [0.05, 0.1) is 12.4 Å². The average molecular weight is 406 g/mol. The number of hydrogen-bond donors (Lipinski definition) is 2. The van der Waals surface area contributed by atoms with E-state index in [1.807, 2.05) is 63.2 Å². The van der Waals surface area contributed by atoms with Crippen molar-refractivity contribution in [3.63, 3.8) is 0 Å². The molecule has 0 saturated heterocycles. The Morgan fingerprint density at radius 2 is 1.57 bits per heavy atom. The highest BCUT2D eigenvalue weighted by Gasteiger charge is 2.34. The molecule has 0 aliphatic carbocycles. The summed E-state index contributed by atoms with van der Waals surface area (Å²) in [5.74, 6) is 0.670. The number of aromatic nitrogens is 6. The lowest BCUT2D eigenvalue weighted by molar-refractivity contribution is -0.0731. The minimum absolute atomic E-state index is 0.361. The largest absolute Gasteiger partial charge is 0.466 e. The van der Waals surface area contributed by atoms with Crippen molar-refractivity contribution in [2.75, 3.05) is 0 Å². The number of aliphatic hydroxyl groups excluding tert-OH is 1. The highest BCUT2D eigenvalue weighted by Crippen LogP contribution is 2.31. The summed E-state index contributed by atoms with van der Waals surface area (Å²) >= 11 is 0. The molecule has 0 saturated carbocycles. The van der Waals surface area contributed by atoms with E-state index in [1.54, 1.807) is 23.4 Å². The molecule has 4 rings (SSSR count). The van der Waals surface area contributed by atoms with Crippen molar-refractivity contribution >= 4 is 0 Å². The molecule has 8 heteroatoms. The lowest BCUT2D eigenvalue weighted by Crippen LogP contribution is -2.38. The van der Waals surface area contributed by atoms with Gasteiger partial charge in [0.25, 0.3) is 0 Å². The smallest absolute Gasteiger partial charge is 0.219 e. The van der Waals surface area contributed by atoms with Crippen LogP contribution in [0.25, 0.3) is 11.1 Å². The molecule has 156 valence electrons. The Hall–Kier alpha value is -3.52. The molecule has 2 aromatic carbocycles. The van der Waals surface area contributed by atoms with Gasteiger partial charge >= 0.3 is 0 Å². The van der Waals surface area contributed by atoms with E-state index in [4.69, 9.17) is 4.74 Å². The molecule has 8 nitrogen and oxygen atoms in total. The molecule has 0 radical (unpaired) electrons. The van der Waals surface area contributed by atoms with E-state index in [0.29, 0.717) is 5.75 Å². The van der Waals surface area contributed by atoms with Gasteiger partial charge in [-0.15, -0.1) is 0 Å². The van der Waals surface area contributed by atoms with E-state index in [0.717, 1.165) is 11.1 Å². The monoisotopic (exact) mass is 406 g/mol. The van der Waals surface area contributed by atoms with Gasteiger partial charge in [-0.1, -0.05) is 63.2 Å². The Bertz CT molecular complexity index is 948. The van der Waals surface area contributed by atoms with Gasteiger partial charge in [0.15, 0.2) is 0 Å². The summed E-state index contributed by atoms with van der Waals surface area (Å²) in [7, 11) is 0. The lowest BCUT2D eigenvalue weighted by Gasteiger charge is -2.32. The molecule has 0 fully saturated rings. The quantitative estimate of drug-likeness (QED) is 0.524. The number of H-pyrrole nitrogens is 1. The van der Waals surface area contributed by atoms with Crippen LogP contribution in [0, 0.1) is 5.41 Å². The second-order valence-corrected chi connectivity index (χ2v) is 7.74. The third kappa shape index (κ3) is 5.74. The van der Waals surface area contributed by atoms with Crippen LogP contribution in [-0.2, 0) is 0 Å². The van der Waals surface area contributed by atoms with E-state index in [-0.39, 0.29) is 5.41 Å². The second kappa shape index (κ2) is 9.80. The molecular weight excluding hydrogens is 380 g/mol. The number of rotatable bonds is 5. The molecular formula is C22H26N6O2. The Morgan fingerprint density at radius 1 is 0.933 bits per heavy atom. The number of nitrogens with zero attached hydrogens (tertiary/aromatic N) is 5. The highest BCUT2D eigenvalue weighted by molar-refractivity contribution is 5.63. The summed E-state index contributed by atoms with van der Waals surface area (Å²) < 4.78 is 7.59. The Labute approximate surface area is 175 Å². The molecule has 30 heavy (non-hydrogen) atoms. The third-order valence-corrected chi connectivity index (χ3v) is 4.40. The average Bonchev–Trinajstić information content (AvgIpc) is 3.49. The Morgan fingerprint density at radius 3 is 2.07 bits per heavy atom.